The van der Waals surface area contributed by atoms with Crippen molar-refractivity contribution in [1.29, 1.82) is 0 Å². The van der Waals surface area contributed by atoms with E-state index in [2.05, 4.69) is 10.0 Å². The van der Waals surface area contributed by atoms with Crippen LogP contribution in [0.4, 0.5) is 10.1 Å². The van der Waals surface area contributed by atoms with Gasteiger partial charge in [-0.05, 0) is 55.6 Å². The van der Waals surface area contributed by atoms with Crippen LogP contribution < -0.4 is 15.8 Å². The van der Waals surface area contributed by atoms with E-state index in [1.165, 1.54) is 36.4 Å². The van der Waals surface area contributed by atoms with E-state index in [4.69, 9.17) is 5.73 Å². The molecule has 1 amide bonds. The maximum Gasteiger partial charge on any atom is 0.262 e. The molecule has 0 spiro atoms. The molecule has 1 saturated carbocycles. The van der Waals surface area contributed by atoms with E-state index < -0.39 is 15.8 Å². The maximum absolute atomic E-state index is 13.7. The topological polar surface area (TPSA) is 101 Å². The SMILES string of the molecule is Cl.NCC1CCCC1NC(=O)c1cccc(S(=O)(=O)Nc2ccccc2F)c1. The van der Waals surface area contributed by atoms with Crippen molar-refractivity contribution in [1.82, 2.24) is 5.32 Å². The van der Waals surface area contributed by atoms with Gasteiger partial charge in [-0.15, -0.1) is 12.4 Å². The number of halogens is 2. The summed E-state index contributed by atoms with van der Waals surface area (Å²) >= 11 is 0. The molecule has 0 aliphatic heterocycles. The first-order valence-electron chi connectivity index (χ1n) is 8.79. The average Bonchev–Trinajstić information content (AvgIpc) is 3.10. The van der Waals surface area contributed by atoms with E-state index in [9.17, 15) is 17.6 Å². The van der Waals surface area contributed by atoms with Gasteiger partial charge in [-0.3, -0.25) is 9.52 Å². The summed E-state index contributed by atoms with van der Waals surface area (Å²) in [6.45, 7) is 0.506. The second kappa shape index (κ2) is 9.36. The number of carbonyl (C=O) groups excluding carboxylic acids is 1. The van der Waals surface area contributed by atoms with Crippen LogP contribution in [0.15, 0.2) is 53.4 Å². The van der Waals surface area contributed by atoms with Crippen molar-refractivity contribution in [2.75, 3.05) is 11.3 Å². The number of nitrogens with one attached hydrogen (secondary N) is 2. The number of para-hydroxylation sites is 1. The number of hydrogen-bond donors (Lipinski definition) is 3. The summed E-state index contributed by atoms with van der Waals surface area (Å²) in [7, 11) is -4.02. The van der Waals surface area contributed by atoms with Crippen LogP contribution in [0.2, 0.25) is 0 Å². The number of carbonyl (C=O) groups is 1. The Morgan fingerprint density at radius 1 is 1.14 bits per heavy atom. The Labute approximate surface area is 170 Å². The Bertz CT molecular complexity index is 940. The van der Waals surface area contributed by atoms with Crippen LogP contribution in [0.5, 0.6) is 0 Å². The van der Waals surface area contributed by atoms with Gasteiger partial charge in [0.1, 0.15) is 5.82 Å². The van der Waals surface area contributed by atoms with E-state index in [1.807, 2.05) is 0 Å². The number of amides is 1. The Morgan fingerprint density at radius 2 is 1.89 bits per heavy atom. The van der Waals surface area contributed by atoms with Crippen molar-refractivity contribution < 1.29 is 17.6 Å². The van der Waals surface area contributed by atoms with Gasteiger partial charge in [-0.2, -0.15) is 0 Å². The summed E-state index contributed by atoms with van der Waals surface area (Å²) in [4.78, 5) is 12.4. The highest BCUT2D eigenvalue weighted by Crippen LogP contribution is 2.25. The van der Waals surface area contributed by atoms with Gasteiger partial charge in [-0.1, -0.05) is 24.6 Å². The first-order chi connectivity index (χ1) is 12.9. The van der Waals surface area contributed by atoms with Crippen LogP contribution in [0.1, 0.15) is 29.6 Å². The van der Waals surface area contributed by atoms with Crippen molar-refractivity contribution >= 4 is 34.0 Å². The standard InChI is InChI=1S/C19H22FN3O3S.ClH/c20-16-8-1-2-9-18(16)23-27(25,26)15-7-3-5-13(11-15)19(24)22-17-10-4-6-14(17)12-21;/h1-3,5,7-9,11,14,17,23H,4,6,10,12,21H2,(H,22,24);1H. The van der Waals surface area contributed by atoms with Crippen molar-refractivity contribution in [3.05, 3.63) is 59.9 Å². The lowest BCUT2D eigenvalue weighted by atomic mass is 10.0. The molecule has 0 bridgehead atoms. The summed E-state index contributed by atoms with van der Waals surface area (Å²) in [6.07, 6.45) is 2.84. The minimum absolute atomic E-state index is 0. The van der Waals surface area contributed by atoms with Crippen LogP contribution in [-0.4, -0.2) is 26.9 Å². The molecule has 0 heterocycles. The minimum Gasteiger partial charge on any atom is -0.349 e. The first-order valence-corrected chi connectivity index (χ1v) is 10.3. The summed E-state index contributed by atoms with van der Waals surface area (Å²) in [5, 5.41) is 2.94. The molecule has 3 rings (SSSR count). The molecule has 0 saturated heterocycles. The third kappa shape index (κ3) is 5.01. The minimum atomic E-state index is -4.02. The fourth-order valence-electron chi connectivity index (χ4n) is 3.31. The molecule has 2 aromatic carbocycles. The highest BCUT2D eigenvalue weighted by molar-refractivity contribution is 7.92. The molecule has 2 unspecified atom stereocenters. The summed E-state index contributed by atoms with van der Waals surface area (Å²) in [5.74, 6) is -0.782. The summed E-state index contributed by atoms with van der Waals surface area (Å²) in [6, 6.07) is 11.2. The van der Waals surface area contributed by atoms with Gasteiger partial charge in [0.15, 0.2) is 0 Å². The number of sulfonamides is 1. The van der Waals surface area contributed by atoms with Gasteiger partial charge >= 0.3 is 0 Å². The summed E-state index contributed by atoms with van der Waals surface area (Å²) < 4.78 is 41.0. The molecule has 0 aromatic heterocycles. The number of benzene rings is 2. The molecular formula is C19H23ClFN3O3S. The zero-order valence-electron chi connectivity index (χ0n) is 15.1. The van der Waals surface area contributed by atoms with Gasteiger partial charge in [0.05, 0.1) is 10.6 Å². The first kappa shape index (κ1) is 22.1. The molecule has 1 aliphatic rings. The van der Waals surface area contributed by atoms with Crippen molar-refractivity contribution in [3.63, 3.8) is 0 Å². The zero-order chi connectivity index (χ0) is 19.4. The second-order valence-electron chi connectivity index (χ2n) is 6.62. The Morgan fingerprint density at radius 3 is 2.61 bits per heavy atom. The quantitative estimate of drug-likeness (QED) is 0.659. The Kier molecular flexibility index (Phi) is 7.40. The van der Waals surface area contributed by atoms with E-state index >= 15 is 0 Å². The third-order valence-corrected chi connectivity index (χ3v) is 6.17. The Balaban J connectivity index is 0.00000280. The molecule has 4 N–H and O–H groups in total. The normalized spacial score (nSPS) is 18.9. The third-order valence-electron chi connectivity index (χ3n) is 4.80. The maximum atomic E-state index is 13.7. The van der Waals surface area contributed by atoms with Crippen LogP contribution in [0, 0.1) is 11.7 Å². The molecule has 0 radical (unpaired) electrons. The lowest BCUT2D eigenvalue weighted by Crippen LogP contribution is -2.39. The van der Waals surface area contributed by atoms with Gasteiger partial charge in [-0.25, -0.2) is 12.8 Å². The number of rotatable bonds is 6. The highest BCUT2D eigenvalue weighted by atomic mass is 35.5. The molecule has 2 atom stereocenters. The average molecular weight is 428 g/mol. The smallest absolute Gasteiger partial charge is 0.262 e. The van der Waals surface area contributed by atoms with E-state index in [0.717, 1.165) is 25.3 Å². The molecule has 1 fully saturated rings. The number of anilines is 1. The summed E-state index contributed by atoms with van der Waals surface area (Å²) in [5.41, 5.74) is 5.82. The van der Waals surface area contributed by atoms with Gasteiger partial charge < -0.3 is 11.1 Å². The number of nitrogens with two attached hydrogens (primary N) is 1. The van der Waals surface area contributed by atoms with Crippen molar-refractivity contribution in [3.8, 4) is 0 Å². The molecule has 6 nitrogen and oxygen atoms in total. The van der Waals surface area contributed by atoms with Gasteiger partial charge in [0, 0.05) is 11.6 Å². The fraction of sp³-hybridized carbons (Fsp3) is 0.316. The van der Waals surface area contributed by atoms with Crippen molar-refractivity contribution in [2.24, 2.45) is 11.7 Å². The largest absolute Gasteiger partial charge is 0.349 e. The fourth-order valence-corrected chi connectivity index (χ4v) is 4.43. The molecular weight excluding hydrogens is 405 g/mol. The van der Waals surface area contributed by atoms with E-state index in [0.29, 0.717) is 6.54 Å². The van der Waals surface area contributed by atoms with Crippen LogP contribution in [-0.2, 0) is 10.0 Å². The van der Waals surface area contributed by atoms with Crippen LogP contribution >= 0.6 is 12.4 Å². The van der Waals surface area contributed by atoms with Gasteiger partial charge in [0.25, 0.3) is 15.9 Å². The molecule has 152 valence electrons. The lowest BCUT2D eigenvalue weighted by molar-refractivity contribution is 0.0928. The highest BCUT2D eigenvalue weighted by Gasteiger charge is 2.28. The van der Waals surface area contributed by atoms with Gasteiger partial charge in [0.2, 0.25) is 0 Å². The zero-order valence-corrected chi connectivity index (χ0v) is 16.7. The monoisotopic (exact) mass is 427 g/mol. The van der Waals surface area contributed by atoms with E-state index in [1.54, 1.807) is 6.07 Å². The second-order valence-corrected chi connectivity index (χ2v) is 8.30. The molecule has 2 aromatic rings. The molecule has 28 heavy (non-hydrogen) atoms. The number of hydrogen-bond acceptors (Lipinski definition) is 4. The van der Waals surface area contributed by atoms with Crippen LogP contribution in [0.3, 0.4) is 0 Å². The molecule has 1 aliphatic carbocycles. The van der Waals surface area contributed by atoms with E-state index in [-0.39, 0.29) is 46.4 Å². The van der Waals surface area contributed by atoms with Crippen molar-refractivity contribution in [2.45, 2.75) is 30.2 Å². The molecule has 9 heteroatoms. The predicted octanol–water partition coefficient (Wildman–Crippen LogP) is 2.91. The Hall–Kier alpha value is -2.16. The van der Waals surface area contributed by atoms with Crippen LogP contribution in [0.25, 0.3) is 0 Å². The predicted molar refractivity (Wildman–Crippen MR) is 109 cm³/mol. The lowest BCUT2D eigenvalue weighted by Gasteiger charge is -2.19.